The van der Waals surface area contributed by atoms with E-state index in [2.05, 4.69) is 10.6 Å². The number of halogens is 2. The number of nitrogens with one attached hydrogen (secondary N) is 4. The van der Waals surface area contributed by atoms with Gasteiger partial charge in [-0.1, -0.05) is 24.3 Å². The van der Waals surface area contributed by atoms with Crippen molar-refractivity contribution in [2.24, 2.45) is 0 Å². The molecule has 3 aromatic rings. The van der Waals surface area contributed by atoms with Crippen molar-refractivity contribution in [3.8, 4) is 0 Å². The highest BCUT2D eigenvalue weighted by atomic mass is 32.2. The molecule has 0 atom stereocenters. The number of benzene rings is 3. The van der Waals surface area contributed by atoms with E-state index in [-0.39, 0.29) is 16.9 Å². The first kappa shape index (κ1) is 26.6. The van der Waals surface area contributed by atoms with Crippen LogP contribution in [0.1, 0.15) is 34.6 Å². The van der Waals surface area contributed by atoms with Crippen LogP contribution in [0.15, 0.2) is 83.0 Å². The fourth-order valence-corrected chi connectivity index (χ4v) is 4.78. The fraction of sp³-hybridized carbons (Fsp3) is 0.115. The Labute approximate surface area is 216 Å². The molecule has 196 valence electrons. The molecule has 0 spiro atoms. The minimum atomic E-state index is -4.74. The summed E-state index contributed by atoms with van der Waals surface area (Å²) in [6.07, 6.45) is 0. The molecule has 0 fully saturated rings. The first-order chi connectivity index (χ1) is 17.8. The third kappa shape index (κ3) is 5.31. The molecule has 9 nitrogen and oxygen atoms in total. The number of carbonyl (C=O) groups is 2. The number of aliphatic hydroxyl groups is 1. The van der Waals surface area contributed by atoms with Crippen molar-refractivity contribution in [3.05, 3.63) is 101 Å². The van der Waals surface area contributed by atoms with Crippen molar-refractivity contribution < 1.29 is 31.9 Å². The molecule has 1 aliphatic rings. The van der Waals surface area contributed by atoms with Gasteiger partial charge in [0.2, 0.25) is 11.6 Å². The number of hydrogen-bond donors (Lipinski definition) is 5. The summed E-state index contributed by atoms with van der Waals surface area (Å²) in [5.41, 5.74) is -1.75. The van der Waals surface area contributed by atoms with Gasteiger partial charge in [0.05, 0.1) is 11.4 Å². The largest absolute Gasteiger partial charge is 0.383 e. The lowest BCUT2D eigenvalue weighted by Gasteiger charge is -2.20. The lowest BCUT2D eigenvalue weighted by Crippen LogP contribution is -2.44. The van der Waals surface area contributed by atoms with E-state index in [0.717, 1.165) is 44.2 Å². The van der Waals surface area contributed by atoms with Crippen molar-refractivity contribution in [1.29, 1.82) is 5.41 Å². The number of sulfonamides is 1. The van der Waals surface area contributed by atoms with Gasteiger partial charge in [0.25, 0.3) is 10.0 Å². The molecule has 0 saturated carbocycles. The molecule has 0 aromatic heterocycles. The van der Waals surface area contributed by atoms with E-state index in [9.17, 15) is 31.9 Å². The number of Topliss-reactive ketones (excluding diaryl/α,β-unsaturated/α-hetero) is 2. The predicted octanol–water partition coefficient (Wildman–Crippen LogP) is 3.81. The summed E-state index contributed by atoms with van der Waals surface area (Å²) in [5, 5.41) is 23.5. The summed E-state index contributed by atoms with van der Waals surface area (Å²) in [7, 11) is -4.74. The number of allylic oxidation sites excluding steroid dienone is 1. The standard InChI is InChI=1S/C26H22F2N4O5S/c1-26(2,35)25(29)32-38(36,37)20-13-15(10-11-17(20)28)23(34)21(22(33)14-6-5-7-16(27)12-14)24-30-18-8-3-4-9-19(18)31-24/h3-13,30-31,35H,1-2H3,(H2,29,32). The highest BCUT2D eigenvalue weighted by molar-refractivity contribution is 7.90. The zero-order valence-electron chi connectivity index (χ0n) is 20.1. The normalized spacial score (nSPS) is 12.7. The number of rotatable bonds is 7. The average molecular weight is 541 g/mol. The summed E-state index contributed by atoms with van der Waals surface area (Å²) < 4.78 is 55.9. The Morgan fingerprint density at radius 2 is 1.47 bits per heavy atom. The van der Waals surface area contributed by atoms with E-state index >= 15 is 0 Å². The van der Waals surface area contributed by atoms with E-state index in [1.165, 1.54) is 12.1 Å². The van der Waals surface area contributed by atoms with Crippen LogP contribution in [0.5, 0.6) is 0 Å². The molecular formula is C26H22F2N4O5S. The number of amidine groups is 1. The van der Waals surface area contributed by atoms with Crippen LogP contribution in [0.25, 0.3) is 0 Å². The van der Waals surface area contributed by atoms with E-state index < -0.39 is 55.1 Å². The highest BCUT2D eigenvalue weighted by Gasteiger charge is 2.32. The summed E-state index contributed by atoms with van der Waals surface area (Å²) in [6.45, 7) is 2.31. The van der Waals surface area contributed by atoms with Crippen LogP contribution in [0.3, 0.4) is 0 Å². The Morgan fingerprint density at radius 3 is 2.03 bits per heavy atom. The van der Waals surface area contributed by atoms with Crippen LogP contribution in [-0.4, -0.2) is 36.5 Å². The zero-order valence-corrected chi connectivity index (χ0v) is 20.9. The van der Waals surface area contributed by atoms with Crippen LogP contribution in [0.2, 0.25) is 0 Å². The summed E-state index contributed by atoms with van der Waals surface area (Å²) in [6, 6.07) is 14.0. The predicted molar refractivity (Wildman–Crippen MR) is 137 cm³/mol. The van der Waals surface area contributed by atoms with Gasteiger partial charge in [-0.2, -0.15) is 0 Å². The maximum Gasteiger partial charge on any atom is 0.265 e. The Kier molecular flexibility index (Phi) is 6.87. The van der Waals surface area contributed by atoms with E-state index in [4.69, 9.17) is 5.41 Å². The third-order valence-electron chi connectivity index (χ3n) is 5.57. The van der Waals surface area contributed by atoms with Gasteiger partial charge in [-0.25, -0.2) is 17.2 Å². The van der Waals surface area contributed by atoms with Crippen molar-refractivity contribution in [3.63, 3.8) is 0 Å². The Bertz CT molecular complexity index is 1600. The van der Waals surface area contributed by atoms with Gasteiger partial charge >= 0.3 is 0 Å². The second kappa shape index (κ2) is 9.80. The minimum Gasteiger partial charge on any atom is -0.383 e. The fourth-order valence-electron chi connectivity index (χ4n) is 3.54. The summed E-state index contributed by atoms with van der Waals surface area (Å²) >= 11 is 0. The second-order valence-electron chi connectivity index (χ2n) is 8.90. The van der Waals surface area contributed by atoms with Crippen LogP contribution in [-0.2, 0) is 10.0 Å². The van der Waals surface area contributed by atoms with E-state index in [1.807, 2.05) is 0 Å². The first-order valence-electron chi connectivity index (χ1n) is 11.1. The maximum absolute atomic E-state index is 14.6. The molecule has 4 rings (SSSR count). The average Bonchev–Trinajstić information content (AvgIpc) is 3.27. The maximum atomic E-state index is 14.6. The SMILES string of the molecule is CC(C)(O)C(=N)NS(=O)(=O)c1cc(C(=O)C(C(=O)c2cccc(F)c2)=C2Nc3ccccc3N2)ccc1F. The smallest absolute Gasteiger partial charge is 0.265 e. The lowest BCUT2D eigenvalue weighted by atomic mass is 9.95. The quantitative estimate of drug-likeness (QED) is 0.0764. The molecule has 12 heteroatoms. The zero-order chi connectivity index (χ0) is 27.8. The monoisotopic (exact) mass is 540 g/mol. The van der Waals surface area contributed by atoms with Gasteiger partial charge in [-0.05, 0) is 56.3 Å². The van der Waals surface area contributed by atoms with Gasteiger partial charge in [-0.15, -0.1) is 0 Å². The number of carbonyl (C=O) groups excluding carboxylic acids is 2. The molecule has 0 bridgehead atoms. The van der Waals surface area contributed by atoms with Gasteiger partial charge in [-0.3, -0.25) is 19.7 Å². The topological polar surface area (TPSA) is 148 Å². The molecule has 0 aliphatic carbocycles. The summed E-state index contributed by atoms with van der Waals surface area (Å²) in [5.74, 6) is -4.63. The van der Waals surface area contributed by atoms with E-state index in [1.54, 1.807) is 29.0 Å². The van der Waals surface area contributed by atoms with Crippen LogP contribution < -0.4 is 15.4 Å². The van der Waals surface area contributed by atoms with Crippen molar-refractivity contribution in [1.82, 2.24) is 4.72 Å². The van der Waals surface area contributed by atoms with Crippen LogP contribution >= 0.6 is 0 Å². The third-order valence-corrected chi connectivity index (χ3v) is 6.93. The van der Waals surface area contributed by atoms with Crippen LogP contribution in [0.4, 0.5) is 20.2 Å². The molecule has 0 amide bonds. The summed E-state index contributed by atoms with van der Waals surface area (Å²) in [4.78, 5) is 26.2. The number of hydrogen-bond acceptors (Lipinski definition) is 8. The minimum absolute atomic E-state index is 0.0267. The van der Waals surface area contributed by atoms with Crippen molar-refractivity contribution in [2.45, 2.75) is 24.3 Å². The molecule has 0 unspecified atom stereocenters. The molecular weight excluding hydrogens is 518 g/mol. The van der Waals surface area contributed by atoms with Gasteiger partial charge < -0.3 is 15.7 Å². The molecule has 3 aromatic carbocycles. The number of para-hydroxylation sites is 2. The van der Waals surface area contributed by atoms with Gasteiger partial charge in [0.15, 0.2) is 0 Å². The molecule has 0 saturated heterocycles. The highest BCUT2D eigenvalue weighted by Crippen LogP contribution is 2.33. The van der Waals surface area contributed by atoms with Gasteiger partial charge in [0.1, 0.15) is 39.4 Å². The Balaban J connectivity index is 1.81. The molecule has 5 N–H and O–H groups in total. The number of fused-ring (bicyclic) bond motifs is 1. The van der Waals surface area contributed by atoms with Gasteiger partial charge in [0, 0.05) is 11.1 Å². The van der Waals surface area contributed by atoms with E-state index in [0.29, 0.717) is 11.4 Å². The Hall–Kier alpha value is -4.42. The molecule has 1 aliphatic heterocycles. The molecule has 38 heavy (non-hydrogen) atoms. The number of ketones is 2. The van der Waals surface area contributed by atoms with Crippen molar-refractivity contribution in [2.75, 3.05) is 10.6 Å². The molecule has 1 heterocycles. The Morgan fingerprint density at radius 1 is 0.895 bits per heavy atom. The molecule has 0 radical (unpaired) electrons. The van der Waals surface area contributed by atoms with Crippen LogP contribution in [0, 0.1) is 17.0 Å². The van der Waals surface area contributed by atoms with Crippen molar-refractivity contribution >= 4 is 38.8 Å². The lowest BCUT2D eigenvalue weighted by molar-refractivity contribution is 0.0960. The first-order valence-corrected chi connectivity index (χ1v) is 12.6. The second-order valence-corrected chi connectivity index (χ2v) is 10.5. The number of anilines is 2.